The molecular weight excluding hydrogens is 202 g/mol. The van der Waals surface area contributed by atoms with Crippen molar-refractivity contribution in [3.63, 3.8) is 0 Å². The Labute approximate surface area is 97.1 Å². The maximum atomic E-state index is 9.15. The van der Waals surface area contributed by atoms with E-state index < -0.39 is 5.54 Å². The van der Waals surface area contributed by atoms with Gasteiger partial charge in [-0.15, -0.1) is 0 Å². The number of hydrogen-bond acceptors (Lipinski definition) is 3. The molecule has 0 fully saturated rings. The SMILES string of the molecule is CC(CNC(C)(CO)CO)c1ccccc1. The van der Waals surface area contributed by atoms with Crippen molar-refractivity contribution in [2.75, 3.05) is 19.8 Å². The van der Waals surface area contributed by atoms with E-state index in [1.807, 2.05) is 25.1 Å². The van der Waals surface area contributed by atoms with E-state index in [1.54, 1.807) is 0 Å². The van der Waals surface area contributed by atoms with Crippen LogP contribution in [0, 0.1) is 0 Å². The zero-order valence-corrected chi connectivity index (χ0v) is 9.98. The van der Waals surface area contributed by atoms with Crippen LogP contribution in [0.2, 0.25) is 0 Å². The summed E-state index contributed by atoms with van der Waals surface area (Å²) >= 11 is 0. The zero-order valence-electron chi connectivity index (χ0n) is 9.98. The lowest BCUT2D eigenvalue weighted by Crippen LogP contribution is -2.50. The highest BCUT2D eigenvalue weighted by molar-refractivity contribution is 5.19. The number of hydrogen-bond donors (Lipinski definition) is 3. The van der Waals surface area contributed by atoms with Gasteiger partial charge in [0.25, 0.3) is 0 Å². The fraction of sp³-hybridized carbons (Fsp3) is 0.538. The molecule has 3 N–H and O–H groups in total. The van der Waals surface area contributed by atoms with Gasteiger partial charge in [-0.2, -0.15) is 0 Å². The summed E-state index contributed by atoms with van der Waals surface area (Å²) in [6.45, 7) is 4.54. The van der Waals surface area contributed by atoms with Crippen molar-refractivity contribution in [2.45, 2.75) is 25.3 Å². The van der Waals surface area contributed by atoms with E-state index in [1.165, 1.54) is 5.56 Å². The summed E-state index contributed by atoms with van der Waals surface area (Å²) in [5, 5.41) is 21.5. The summed E-state index contributed by atoms with van der Waals surface area (Å²) in [7, 11) is 0. The molecule has 1 aromatic rings. The van der Waals surface area contributed by atoms with Crippen LogP contribution in [0.3, 0.4) is 0 Å². The first-order valence-corrected chi connectivity index (χ1v) is 5.63. The molecule has 0 radical (unpaired) electrons. The largest absolute Gasteiger partial charge is 0.394 e. The van der Waals surface area contributed by atoms with Gasteiger partial charge >= 0.3 is 0 Å². The lowest BCUT2D eigenvalue weighted by atomic mass is 9.98. The first kappa shape index (κ1) is 13.2. The molecule has 1 rings (SSSR count). The van der Waals surface area contributed by atoms with Crippen LogP contribution in [0.1, 0.15) is 25.3 Å². The smallest absolute Gasteiger partial charge is 0.0633 e. The van der Waals surface area contributed by atoms with Crippen LogP contribution in [-0.4, -0.2) is 35.5 Å². The third-order valence-electron chi connectivity index (χ3n) is 2.90. The molecule has 0 aliphatic heterocycles. The summed E-state index contributed by atoms with van der Waals surface area (Å²) in [4.78, 5) is 0. The van der Waals surface area contributed by atoms with Crippen molar-refractivity contribution in [2.24, 2.45) is 0 Å². The third kappa shape index (κ3) is 3.59. The Morgan fingerprint density at radius 2 is 1.75 bits per heavy atom. The van der Waals surface area contributed by atoms with Gasteiger partial charge in [0.1, 0.15) is 0 Å². The molecule has 3 nitrogen and oxygen atoms in total. The predicted molar refractivity (Wildman–Crippen MR) is 65.4 cm³/mol. The minimum absolute atomic E-state index is 0.0645. The molecule has 3 heteroatoms. The normalized spacial score (nSPS) is 13.8. The number of aliphatic hydroxyl groups is 2. The second-order valence-corrected chi connectivity index (χ2v) is 4.57. The van der Waals surface area contributed by atoms with Crippen molar-refractivity contribution >= 4 is 0 Å². The van der Waals surface area contributed by atoms with E-state index in [4.69, 9.17) is 10.2 Å². The minimum atomic E-state index is -0.594. The van der Waals surface area contributed by atoms with Crippen molar-refractivity contribution in [3.05, 3.63) is 35.9 Å². The molecule has 0 saturated heterocycles. The molecule has 0 saturated carbocycles. The highest BCUT2D eigenvalue weighted by Crippen LogP contribution is 2.14. The Bertz CT molecular complexity index is 296. The van der Waals surface area contributed by atoms with E-state index in [0.717, 1.165) is 6.54 Å². The average molecular weight is 223 g/mol. The molecule has 0 spiro atoms. The van der Waals surface area contributed by atoms with Gasteiger partial charge in [-0.1, -0.05) is 37.3 Å². The van der Waals surface area contributed by atoms with Crippen LogP contribution in [0.5, 0.6) is 0 Å². The summed E-state index contributed by atoms with van der Waals surface area (Å²) < 4.78 is 0. The number of benzene rings is 1. The molecule has 0 aliphatic carbocycles. The minimum Gasteiger partial charge on any atom is -0.394 e. The van der Waals surface area contributed by atoms with E-state index in [2.05, 4.69) is 24.4 Å². The standard InChI is InChI=1S/C13H21NO2/c1-11(12-6-4-3-5-7-12)8-14-13(2,9-15)10-16/h3-7,11,14-16H,8-10H2,1-2H3. The van der Waals surface area contributed by atoms with E-state index >= 15 is 0 Å². The molecule has 0 heterocycles. The van der Waals surface area contributed by atoms with Crippen LogP contribution >= 0.6 is 0 Å². The van der Waals surface area contributed by atoms with Crippen molar-refractivity contribution < 1.29 is 10.2 Å². The predicted octanol–water partition coefficient (Wildman–Crippen LogP) is 1.12. The molecule has 0 aliphatic rings. The van der Waals surface area contributed by atoms with Crippen molar-refractivity contribution in [1.82, 2.24) is 5.32 Å². The Hall–Kier alpha value is -0.900. The average Bonchev–Trinajstić information content (AvgIpc) is 2.36. The molecule has 1 aromatic carbocycles. The monoisotopic (exact) mass is 223 g/mol. The zero-order chi connectivity index (χ0) is 12.0. The highest BCUT2D eigenvalue weighted by Gasteiger charge is 2.22. The molecule has 1 atom stereocenters. The van der Waals surface area contributed by atoms with Gasteiger partial charge in [0.2, 0.25) is 0 Å². The van der Waals surface area contributed by atoms with Crippen LogP contribution in [0.15, 0.2) is 30.3 Å². The Morgan fingerprint density at radius 1 is 1.19 bits per heavy atom. The van der Waals surface area contributed by atoms with E-state index in [-0.39, 0.29) is 13.2 Å². The topological polar surface area (TPSA) is 52.5 Å². The highest BCUT2D eigenvalue weighted by atomic mass is 16.3. The van der Waals surface area contributed by atoms with Gasteiger partial charge in [0, 0.05) is 6.54 Å². The lowest BCUT2D eigenvalue weighted by Gasteiger charge is -2.28. The molecule has 0 bridgehead atoms. The van der Waals surface area contributed by atoms with Gasteiger partial charge in [-0.3, -0.25) is 0 Å². The number of aliphatic hydroxyl groups excluding tert-OH is 2. The summed E-state index contributed by atoms with van der Waals surface area (Å²) in [6, 6.07) is 10.2. The molecule has 90 valence electrons. The van der Waals surface area contributed by atoms with Gasteiger partial charge in [-0.05, 0) is 18.4 Å². The van der Waals surface area contributed by atoms with Crippen molar-refractivity contribution in [1.29, 1.82) is 0 Å². The maximum absolute atomic E-state index is 9.15. The Morgan fingerprint density at radius 3 is 2.25 bits per heavy atom. The van der Waals surface area contributed by atoms with Gasteiger partial charge < -0.3 is 15.5 Å². The Balaban J connectivity index is 2.50. The number of rotatable bonds is 6. The second kappa shape index (κ2) is 5.99. The first-order valence-electron chi connectivity index (χ1n) is 5.63. The third-order valence-corrected chi connectivity index (χ3v) is 2.90. The molecule has 0 aromatic heterocycles. The molecule has 0 amide bonds. The van der Waals surface area contributed by atoms with Crippen LogP contribution < -0.4 is 5.32 Å². The summed E-state index contributed by atoms with van der Waals surface area (Å²) in [6.07, 6.45) is 0. The van der Waals surface area contributed by atoms with Crippen LogP contribution in [0.25, 0.3) is 0 Å². The first-order chi connectivity index (χ1) is 7.61. The quantitative estimate of drug-likeness (QED) is 0.677. The molecule has 1 unspecified atom stereocenters. The van der Waals surface area contributed by atoms with E-state index in [0.29, 0.717) is 5.92 Å². The van der Waals surface area contributed by atoms with Crippen molar-refractivity contribution in [3.8, 4) is 0 Å². The van der Waals surface area contributed by atoms with Gasteiger partial charge in [0.15, 0.2) is 0 Å². The van der Waals surface area contributed by atoms with Crippen LogP contribution in [-0.2, 0) is 0 Å². The summed E-state index contributed by atoms with van der Waals surface area (Å²) in [5.41, 5.74) is 0.663. The molecule has 16 heavy (non-hydrogen) atoms. The maximum Gasteiger partial charge on any atom is 0.0633 e. The van der Waals surface area contributed by atoms with E-state index in [9.17, 15) is 0 Å². The fourth-order valence-corrected chi connectivity index (χ4v) is 1.46. The van der Waals surface area contributed by atoms with Gasteiger partial charge in [-0.25, -0.2) is 0 Å². The van der Waals surface area contributed by atoms with Gasteiger partial charge in [0.05, 0.1) is 18.8 Å². The second-order valence-electron chi connectivity index (χ2n) is 4.57. The van der Waals surface area contributed by atoms with Crippen LogP contribution in [0.4, 0.5) is 0 Å². The summed E-state index contributed by atoms with van der Waals surface area (Å²) in [5.74, 6) is 0.360. The Kier molecular flexibility index (Phi) is 4.93. The molecular formula is C13H21NO2. The fourth-order valence-electron chi connectivity index (χ4n) is 1.46. The lowest BCUT2D eigenvalue weighted by molar-refractivity contribution is 0.103. The number of nitrogens with one attached hydrogen (secondary N) is 1.